The van der Waals surface area contributed by atoms with Crippen LogP contribution < -0.4 is 5.73 Å². The number of nitrogens with two attached hydrogens (primary N) is 1. The van der Waals surface area contributed by atoms with Crippen molar-refractivity contribution in [3.63, 3.8) is 0 Å². The molecular weight excluding hydrogens is 222 g/mol. The third kappa shape index (κ3) is 2.41. The van der Waals surface area contributed by atoms with Gasteiger partial charge in [-0.25, -0.2) is 4.98 Å². The second kappa shape index (κ2) is 4.93. The smallest absolute Gasteiger partial charge is 0.273 e. The lowest BCUT2D eigenvalue weighted by atomic mass is 9.92. The van der Waals surface area contributed by atoms with Crippen molar-refractivity contribution in [3.8, 4) is 0 Å². The maximum Gasteiger partial charge on any atom is 0.273 e. The van der Waals surface area contributed by atoms with Crippen LogP contribution in [-0.4, -0.2) is 34.9 Å². The van der Waals surface area contributed by atoms with Gasteiger partial charge in [0.15, 0.2) is 0 Å². The highest BCUT2D eigenvalue weighted by atomic mass is 32.1. The Morgan fingerprint density at radius 2 is 2.56 bits per heavy atom. The summed E-state index contributed by atoms with van der Waals surface area (Å²) in [4.78, 5) is 18.0. The van der Waals surface area contributed by atoms with E-state index in [1.54, 1.807) is 10.9 Å². The zero-order valence-electron chi connectivity index (χ0n) is 9.43. The predicted octanol–water partition coefficient (Wildman–Crippen LogP) is 1.34. The first-order valence-electron chi connectivity index (χ1n) is 5.61. The van der Waals surface area contributed by atoms with Gasteiger partial charge in [-0.15, -0.1) is 11.3 Å². The summed E-state index contributed by atoms with van der Waals surface area (Å²) in [7, 11) is 0. The van der Waals surface area contributed by atoms with Crippen molar-refractivity contribution in [3.05, 3.63) is 16.6 Å². The number of rotatable bonds is 2. The van der Waals surface area contributed by atoms with Crippen molar-refractivity contribution in [2.24, 2.45) is 11.7 Å². The molecule has 0 spiro atoms. The summed E-state index contributed by atoms with van der Waals surface area (Å²) in [6.07, 6.45) is 2.17. The number of amides is 1. The van der Waals surface area contributed by atoms with Crippen LogP contribution >= 0.6 is 11.3 Å². The van der Waals surface area contributed by atoms with Gasteiger partial charge in [-0.05, 0) is 25.7 Å². The van der Waals surface area contributed by atoms with E-state index in [2.05, 4.69) is 4.98 Å². The molecule has 0 radical (unpaired) electrons. The number of piperidine rings is 1. The van der Waals surface area contributed by atoms with Crippen LogP contribution in [0.1, 0.15) is 30.3 Å². The van der Waals surface area contributed by atoms with Gasteiger partial charge in [0.1, 0.15) is 5.69 Å². The molecule has 2 atom stereocenters. The predicted molar refractivity (Wildman–Crippen MR) is 64.4 cm³/mol. The van der Waals surface area contributed by atoms with Crippen LogP contribution in [0.15, 0.2) is 10.9 Å². The summed E-state index contributed by atoms with van der Waals surface area (Å²) in [6.45, 7) is 3.62. The number of nitrogens with zero attached hydrogens (tertiary/aromatic N) is 2. The summed E-state index contributed by atoms with van der Waals surface area (Å²) >= 11 is 1.46. The van der Waals surface area contributed by atoms with Gasteiger partial charge in [-0.3, -0.25) is 4.79 Å². The molecule has 0 aliphatic carbocycles. The largest absolute Gasteiger partial charge is 0.337 e. The Bertz CT molecular complexity index is 350. The van der Waals surface area contributed by atoms with Gasteiger partial charge < -0.3 is 10.6 Å². The molecule has 5 heteroatoms. The van der Waals surface area contributed by atoms with E-state index in [0.717, 1.165) is 25.9 Å². The number of thiazole rings is 1. The average Bonchev–Trinajstić information content (AvgIpc) is 2.81. The van der Waals surface area contributed by atoms with Crippen molar-refractivity contribution in [2.45, 2.75) is 25.8 Å². The molecule has 1 saturated heterocycles. The van der Waals surface area contributed by atoms with E-state index in [4.69, 9.17) is 5.73 Å². The molecule has 2 heterocycles. The van der Waals surface area contributed by atoms with Gasteiger partial charge in [-0.1, -0.05) is 0 Å². The van der Waals surface area contributed by atoms with Gasteiger partial charge in [0, 0.05) is 24.5 Å². The van der Waals surface area contributed by atoms with Gasteiger partial charge in [0.2, 0.25) is 0 Å². The summed E-state index contributed by atoms with van der Waals surface area (Å²) in [6, 6.07) is 0.158. The lowest BCUT2D eigenvalue weighted by Gasteiger charge is -2.34. The van der Waals surface area contributed by atoms with Crippen molar-refractivity contribution >= 4 is 17.2 Å². The molecule has 1 fully saturated rings. The highest BCUT2D eigenvalue weighted by Gasteiger charge is 2.26. The first-order valence-corrected chi connectivity index (χ1v) is 6.56. The monoisotopic (exact) mass is 239 g/mol. The number of hydrogen-bond donors (Lipinski definition) is 1. The molecule has 0 bridgehead atoms. The highest BCUT2D eigenvalue weighted by molar-refractivity contribution is 7.07. The van der Waals surface area contributed by atoms with Gasteiger partial charge in [0.25, 0.3) is 5.91 Å². The second-order valence-corrected chi connectivity index (χ2v) is 5.10. The fraction of sp³-hybridized carbons (Fsp3) is 0.636. The number of carbonyl (C=O) groups is 1. The Morgan fingerprint density at radius 1 is 1.75 bits per heavy atom. The number of hydrogen-bond acceptors (Lipinski definition) is 4. The van der Waals surface area contributed by atoms with Crippen LogP contribution in [0.4, 0.5) is 0 Å². The van der Waals surface area contributed by atoms with Crippen LogP contribution in [0, 0.1) is 5.92 Å². The van der Waals surface area contributed by atoms with E-state index < -0.39 is 0 Å². The van der Waals surface area contributed by atoms with E-state index in [1.807, 2.05) is 11.8 Å². The molecule has 2 unspecified atom stereocenters. The van der Waals surface area contributed by atoms with Crippen molar-refractivity contribution in [1.29, 1.82) is 0 Å². The Balaban J connectivity index is 2.02. The number of carbonyl (C=O) groups excluding carboxylic acids is 1. The Labute approximate surface area is 99.5 Å². The Morgan fingerprint density at radius 3 is 3.19 bits per heavy atom. The molecule has 1 aliphatic heterocycles. The van der Waals surface area contributed by atoms with E-state index in [1.165, 1.54) is 11.3 Å². The van der Waals surface area contributed by atoms with Crippen molar-refractivity contribution in [2.75, 3.05) is 13.1 Å². The van der Waals surface area contributed by atoms with Crippen LogP contribution in [0.3, 0.4) is 0 Å². The molecular formula is C11H17N3OS. The molecule has 1 aromatic rings. The Kier molecular flexibility index (Phi) is 3.56. The first-order chi connectivity index (χ1) is 7.68. The first kappa shape index (κ1) is 11.5. The van der Waals surface area contributed by atoms with Crippen LogP contribution in [0.2, 0.25) is 0 Å². The molecule has 1 aromatic heterocycles. The number of aromatic nitrogens is 1. The lowest BCUT2D eigenvalue weighted by molar-refractivity contribution is 0.0656. The van der Waals surface area contributed by atoms with Crippen LogP contribution in [0.25, 0.3) is 0 Å². The minimum atomic E-state index is 0.0478. The molecule has 0 saturated carbocycles. The molecule has 2 rings (SSSR count). The normalized spacial score (nSPS) is 23.1. The maximum absolute atomic E-state index is 12.1. The van der Waals surface area contributed by atoms with E-state index in [-0.39, 0.29) is 11.9 Å². The summed E-state index contributed by atoms with van der Waals surface area (Å²) in [5.41, 5.74) is 8.16. The Hall–Kier alpha value is -0.940. The third-order valence-corrected chi connectivity index (χ3v) is 3.73. The summed E-state index contributed by atoms with van der Waals surface area (Å²) in [5, 5.41) is 1.80. The highest BCUT2D eigenvalue weighted by Crippen LogP contribution is 2.20. The van der Waals surface area contributed by atoms with E-state index >= 15 is 0 Å². The van der Waals surface area contributed by atoms with Crippen molar-refractivity contribution in [1.82, 2.24) is 9.88 Å². The van der Waals surface area contributed by atoms with Crippen LogP contribution in [0.5, 0.6) is 0 Å². The minimum absolute atomic E-state index is 0.0478. The lowest BCUT2D eigenvalue weighted by Crippen LogP contribution is -2.45. The second-order valence-electron chi connectivity index (χ2n) is 4.39. The maximum atomic E-state index is 12.1. The fourth-order valence-corrected chi connectivity index (χ4v) is 2.63. The van der Waals surface area contributed by atoms with E-state index in [0.29, 0.717) is 11.6 Å². The van der Waals surface area contributed by atoms with Gasteiger partial charge in [-0.2, -0.15) is 0 Å². The van der Waals surface area contributed by atoms with Gasteiger partial charge >= 0.3 is 0 Å². The topological polar surface area (TPSA) is 59.2 Å². The van der Waals surface area contributed by atoms with Crippen LogP contribution in [-0.2, 0) is 0 Å². The molecule has 1 aliphatic rings. The molecule has 2 N–H and O–H groups in total. The van der Waals surface area contributed by atoms with Crippen molar-refractivity contribution < 1.29 is 4.79 Å². The van der Waals surface area contributed by atoms with E-state index in [9.17, 15) is 4.79 Å². The SMILES string of the molecule is CC(N)C1CCCN(C(=O)c2cscn2)C1. The molecule has 1 amide bonds. The zero-order valence-corrected chi connectivity index (χ0v) is 10.2. The third-order valence-electron chi connectivity index (χ3n) is 3.14. The molecule has 16 heavy (non-hydrogen) atoms. The molecule has 0 aromatic carbocycles. The quantitative estimate of drug-likeness (QED) is 0.847. The fourth-order valence-electron chi connectivity index (χ4n) is 2.10. The summed E-state index contributed by atoms with van der Waals surface area (Å²) in [5.74, 6) is 0.475. The number of likely N-dealkylation sites (tertiary alicyclic amines) is 1. The van der Waals surface area contributed by atoms with Gasteiger partial charge in [0.05, 0.1) is 5.51 Å². The minimum Gasteiger partial charge on any atom is -0.337 e. The summed E-state index contributed by atoms with van der Waals surface area (Å²) < 4.78 is 0. The molecule has 4 nitrogen and oxygen atoms in total. The zero-order chi connectivity index (χ0) is 11.5. The molecule has 88 valence electrons. The standard InChI is InChI=1S/C11H17N3OS/c1-8(12)9-3-2-4-14(5-9)11(15)10-6-16-7-13-10/h6-9H,2-5,12H2,1H3. The average molecular weight is 239 g/mol.